The van der Waals surface area contributed by atoms with Gasteiger partial charge in [0.2, 0.25) is 0 Å². The molecule has 3 atom stereocenters. The van der Waals surface area contributed by atoms with E-state index in [1.54, 1.807) is 0 Å². The SMILES string of the molecule is CC(C)=C1[C@H]2CC/C(C)=C/CC/C(C)=C/C[C@]2(C)C[C@@H]1O. The Hall–Kier alpha value is -0.820. The zero-order chi connectivity index (χ0) is 15.6. The molecule has 0 aliphatic heterocycles. The maximum Gasteiger partial charge on any atom is 0.0761 e. The van der Waals surface area contributed by atoms with Crippen LogP contribution in [0.4, 0.5) is 0 Å². The lowest BCUT2D eigenvalue weighted by Crippen LogP contribution is -2.22. The average Bonchev–Trinajstić information content (AvgIpc) is 2.64. The topological polar surface area (TPSA) is 20.2 Å². The molecule has 1 heteroatoms. The Morgan fingerprint density at radius 3 is 2.48 bits per heavy atom. The van der Waals surface area contributed by atoms with Crippen molar-refractivity contribution in [1.29, 1.82) is 0 Å². The van der Waals surface area contributed by atoms with Crippen LogP contribution in [0.2, 0.25) is 0 Å². The van der Waals surface area contributed by atoms with Crippen molar-refractivity contribution in [2.24, 2.45) is 11.3 Å². The predicted octanol–water partition coefficient (Wildman–Crippen LogP) is 5.57. The number of fused-ring (bicyclic) bond motifs is 1. The quantitative estimate of drug-likeness (QED) is 0.578. The monoisotopic (exact) mass is 288 g/mol. The number of hydrogen-bond donors (Lipinski definition) is 1. The summed E-state index contributed by atoms with van der Waals surface area (Å²) in [4.78, 5) is 0. The summed E-state index contributed by atoms with van der Waals surface area (Å²) in [6, 6.07) is 0. The predicted molar refractivity (Wildman–Crippen MR) is 91.2 cm³/mol. The lowest BCUT2D eigenvalue weighted by Gasteiger charge is -2.31. The summed E-state index contributed by atoms with van der Waals surface area (Å²) in [6.45, 7) is 11.2. The summed E-state index contributed by atoms with van der Waals surface area (Å²) < 4.78 is 0. The van der Waals surface area contributed by atoms with Gasteiger partial charge in [-0.3, -0.25) is 0 Å². The summed E-state index contributed by atoms with van der Waals surface area (Å²) in [6.07, 6.45) is 11.3. The first kappa shape index (κ1) is 16.5. The molecule has 1 fully saturated rings. The molecule has 0 spiro atoms. The molecule has 0 aromatic rings. The van der Waals surface area contributed by atoms with Gasteiger partial charge in [0.15, 0.2) is 0 Å². The van der Waals surface area contributed by atoms with E-state index in [1.165, 1.54) is 48.0 Å². The van der Waals surface area contributed by atoms with Gasteiger partial charge in [-0.05, 0) is 83.1 Å². The fourth-order valence-electron chi connectivity index (χ4n) is 4.24. The second-order valence-electron chi connectivity index (χ2n) is 7.76. The van der Waals surface area contributed by atoms with E-state index in [4.69, 9.17) is 0 Å². The van der Waals surface area contributed by atoms with Crippen molar-refractivity contribution in [3.63, 3.8) is 0 Å². The van der Waals surface area contributed by atoms with Crippen LogP contribution in [0.25, 0.3) is 0 Å². The lowest BCUT2D eigenvalue weighted by molar-refractivity contribution is 0.172. The molecule has 1 nitrogen and oxygen atoms in total. The van der Waals surface area contributed by atoms with Crippen molar-refractivity contribution in [3.8, 4) is 0 Å². The van der Waals surface area contributed by atoms with Gasteiger partial charge in [0.1, 0.15) is 0 Å². The number of aliphatic hydroxyl groups is 1. The average molecular weight is 288 g/mol. The highest BCUT2D eigenvalue weighted by Crippen LogP contribution is 2.52. The molecule has 0 amide bonds. The molecular formula is C20H32O. The minimum atomic E-state index is -0.231. The molecule has 0 radical (unpaired) electrons. The first-order chi connectivity index (χ1) is 9.83. The third-order valence-corrected chi connectivity index (χ3v) is 5.59. The minimum absolute atomic E-state index is 0.220. The molecule has 0 saturated heterocycles. The Labute approximate surface area is 130 Å². The number of hydrogen-bond acceptors (Lipinski definition) is 1. The van der Waals surface area contributed by atoms with Crippen LogP contribution in [-0.4, -0.2) is 11.2 Å². The van der Waals surface area contributed by atoms with Crippen molar-refractivity contribution >= 4 is 0 Å². The summed E-state index contributed by atoms with van der Waals surface area (Å²) in [5.74, 6) is 0.531. The molecule has 0 aromatic heterocycles. The smallest absolute Gasteiger partial charge is 0.0761 e. The fraction of sp³-hybridized carbons (Fsp3) is 0.700. The van der Waals surface area contributed by atoms with E-state index in [9.17, 15) is 5.11 Å². The zero-order valence-electron chi connectivity index (χ0n) is 14.5. The van der Waals surface area contributed by atoms with E-state index in [-0.39, 0.29) is 11.5 Å². The van der Waals surface area contributed by atoms with E-state index < -0.39 is 0 Å². The molecule has 1 saturated carbocycles. The zero-order valence-corrected chi connectivity index (χ0v) is 14.5. The van der Waals surface area contributed by atoms with E-state index in [1.807, 2.05) is 0 Å². The highest BCUT2D eigenvalue weighted by Gasteiger charge is 2.45. The maximum absolute atomic E-state index is 10.6. The van der Waals surface area contributed by atoms with Gasteiger partial charge in [-0.25, -0.2) is 0 Å². The standard InChI is InChI=1S/C20H32O/c1-14(2)19-17-10-9-15(3)7-6-8-16(4)11-12-20(17,5)13-18(19)21/h7,11,17-18,21H,6,8-10,12-13H2,1-5H3/b15-7+,16-11+/t17-,18+,20-/m1/s1. The Morgan fingerprint density at radius 2 is 1.81 bits per heavy atom. The molecule has 1 N–H and O–H groups in total. The highest BCUT2D eigenvalue weighted by atomic mass is 16.3. The lowest BCUT2D eigenvalue weighted by atomic mass is 9.72. The summed E-state index contributed by atoms with van der Waals surface area (Å²) in [7, 11) is 0. The van der Waals surface area contributed by atoms with Crippen LogP contribution in [0.5, 0.6) is 0 Å². The van der Waals surface area contributed by atoms with Crippen LogP contribution in [0.3, 0.4) is 0 Å². The first-order valence-corrected chi connectivity index (χ1v) is 8.50. The molecular weight excluding hydrogens is 256 g/mol. The molecule has 118 valence electrons. The summed E-state index contributed by atoms with van der Waals surface area (Å²) in [5, 5.41) is 10.6. The van der Waals surface area contributed by atoms with Gasteiger partial charge in [-0.15, -0.1) is 0 Å². The molecule has 0 bridgehead atoms. The number of allylic oxidation sites excluding steroid dienone is 5. The molecule has 21 heavy (non-hydrogen) atoms. The van der Waals surface area contributed by atoms with Crippen LogP contribution in [0.1, 0.15) is 73.1 Å². The van der Waals surface area contributed by atoms with Crippen LogP contribution < -0.4 is 0 Å². The van der Waals surface area contributed by atoms with E-state index in [2.05, 4.69) is 46.8 Å². The molecule has 2 rings (SSSR count). The summed E-state index contributed by atoms with van der Waals surface area (Å²) in [5.41, 5.74) is 5.89. The largest absolute Gasteiger partial charge is 0.389 e. The van der Waals surface area contributed by atoms with Gasteiger partial charge in [0.05, 0.1) is 6.10 Å². The fourth-order valence-corrected chi connectivity index (χ4v) is 4.24. The van der Waals surface area contributed by atoms with Crippen LogP contribution in [-0.2, 0) is 0 Å². The molecule has 0 heterocycles. The van der Waals surface area contributed by atoms with Crippen molar-refractivity contribution in [3.05, 3.63) is 34.4 Å². The second kappa shape index (κ2) is 6.52. The molecule has 2 aliphatic rings. The molecule has 2 aliphatic carbocycles. The van der Waals surface area contributed by atoms with Gasteiger partial charge >= 0.3 is 0 Å². The molecule has 0 aromatic carbocycles. The van der Waals surface area contributed by atoms with E-state index in [0.717, 1.165) is 12.8 Å². The van der Waals surface area contributed by atoms with Crippen molar-refractivity contribution in [2.45, 2.75) is 79.2 Å². The third-order valence-electron chi connectivity index (χ3n) is 5.59. The third kappa shape index (κ3) is 3.69. The first-order valence-electron chi connectivity index (χ1n) is 8.50. The molecule has 0 unspecified atom stereocenters. The number of rotatable bonds is 0. The van der Waals surface area contributed by atoms with Gasteiger partial charge in [-0.2, -0.15) is 0 Å². The van der Waals surface area contributed by atoms with Gasteiger partial charge in [0, 0.05) is 0 Å². The van der Waals surface area contributed by atoms with Crippen molar-refractivity contribution in [2.75, 3.05) is 0 Å². The summed E-state index contributed by atoms with van der Waals surface area (Å²) >= 11 is 0. The highest BCUT2D eigenvalue weighted by molar-refractivity contribution is 5.28. The Kier molecular flexibility index (Phi) is 5.14. The van der Waals surface area contributed by atoms with Gasteiger partial charge in [0.25, 0.3) is 0 Å². The Balaban J connectivity index is 2.37. The van der Waals surface area contributed by atoms with E-state index in [0.29, 0.717) is 5.92 Å². The van der Waals surface area contributed by atoms with Gasteiger partial charge in [-0.1, -0.05) is 35.8 Å². The van der Waals surface area contributed by atoms with Crippen molar-refractivity contribution in [1.82, 2.24) is 0 Å². The van der Waals surface area contributed by atoms with Crippen LogP contribution in [0, 0.1) is 11.3 Å². The minimum Gasteiger partial charge on any atom is -0.389 e. The van der Waals surface area contributed by atoms with Crippen molar-refractivity contribution < 1.29 is 5.11 Å². The van der Waals surface area contributed by atoms with Crippen LogP contribution in [0.15, 0.2) is 34.4 Å². The maximum atomic E-state index is 10.6. The second-order valence-corrected chi connectivity index (χ2v) is 7.76. The van der Waals surface area contributed by atoms with Gasteiger partial charge < -0.3 is 5.11 Å². The Morgan fingerprint density at radius 1 is 1.14 bits per heavy atom. The normalized spacial score (nSPS) is 39.6. The number of aliphatic hydroxyl groups excluding tert-OH is 1. The Bertz CT molecular complexity index is 476. The van der Waals surface area contributed by atoms with E-state index >= 15 is 0 Å². The van der Waals surface area contributed by atoms with Crippen LogP contribution >= 0.6 is 0 Å².